The number of aromatic nitrogens is 3. The standard InChI is InChI=1S/C69H49N3Si/c1-8-25-50(26-9-1)59-48-64(56-35-22-33-54(45-56)55-34-23-37-58(46-55)69-71-67(52-29-12-3-13-30-52)70-68(72-69)53-31-14-4-15-32-53)66(51-27-10-2-11-28-51)65(49-59)57-36-24-44-63(47-57)73(60-38-16-5-17-39-60,61-40-18-6-19-41-61)62-42-20-7-21-43-62/h1-49H. The number of benzene rings is 11. The topological polar surface area (TPSA) is 38.7 Å². The molecule has 0 amide bonds. The van der Waals surface area contributed by atoms with Crippen LogP contribution in [0.15, 0.2) is 297 Å². The Morgan fingerprint density at radius 1 is 0.192 bits per heavy atom. The molecule has 0 atom stereocenters. The number of hydrogen-bond donors (Lipinski definition) is 0. The molecule has 12 rings (SSSR count). The highest BCUT2D eigenvalue weighted by Crippen LogP contribution is 2.44. The Balaban J connectivity index is 1.05. The van der Waals surface area contributed by atoms with E-state index in [9.17, 15) is 0 Å². The van der Waals surface area contributed by atoms with Crippen LogP contribution < -0.4 is 20.7 Å². The van der Waals surface area contributed by atoms with Crippen LogP contribution in [0.1, 0.15) is 0 Å². The van der Waals surface area contributed by atoms with Gasteiger partial charge in [0.2, 0.25) is 0 Å². The van der Waals surface area contributed by atoms with Crippen LogP contribution in [0, 0.1) is 0 Å². The molecule has 11 aromatic carbocycles. The zero-order chi connectivity index (χ0) is 48.8. The van der Waals surface area contributed by atoms with Crippen molar-refractivity contribution >= 4 is 28.8 Å². The minimum atomic E-state index is -2.84. The summed E-state index contributed by atoms with van der Waals surface area (Å²) < 4.78 is 0. The first-order valence-corrected chi connectivity index (χ1v) is 26.8. The molecule has 0 radical (unpaired) electrons. The molecule has 0 aliphatic rings. The van der Waals surface area contributed by atoms with E-state index in [0.717, 1.165) is 55.6 Å². The second kappa shape index (κ2) is 20.2. The van der Waals surface area contributed by atoms with Gasteiger partial charge in [-0.3, -0.25) is 0 Å². The first-order chi connectivity index (χ1) is 36.2. The Bertz CT molecular complexity index is 3660. The molecular weight excluding hydrogens is 899 g/mol. The van der Waals surface area contributed by atoms with E-state index in [1.165, 1.54) is 37.4 Å². The summed E-state index contributed by atoms with van der Waals surface area (Å²) in [5, 5.41) is 5.36. The van der Waals surface area contributed by atoms with E-state index < -0.39 is 8.07 Å². The fraction of sp³-hybridized carbons (Fsp3) is 0. The fourth-order valence-electron chi connectivity index (χ4n) is 10.4. The van der Waals surface area contributed by atoms with E-state index in [-0.39, 0.29) is 0 Å². The molecule has 4 heteroatoms. The number of nitrogens with zero attached hydrogens (tertiary/aromatic N) is 3. The normalized spacial score (nSPS) is 11.3. The van der Waals surface area contributed by atoms with E-state index in [1.807, 2.05) is 60.7 Å². The van der Waals surface area contributed by atoms with Gasteiger partial charge in [0, 0.05) is 16.7 Å². The van der Waals surface area contributed by atoms with Crippen LogP contribution in [0.5, 0.6) is 0 Å². The Hall–Kier alpha value is -9.35. The lowest BCUT2D eigenvalue weighted by Gasteiger charge is -2.34. The molecule has 0 bridgehead atoms. The highest BCUT2D eigenvalue weighted by molar-refractivity contribution is 7.19. The molecule has 0 aliphatic heterocycles. The van der Waals surface area contributed by atoms with Gasteiger partial charge in [-0.1, -0.05) is 273 Å². The van der Waals surface area contributed by atoms with Crippen molar-refractivity contribution in [3.8, 4) is 89.8 Å². The summed E-state index contributed by atoms with van der Waals surface area (Å²) in [5.74, 6) is 1.90. The number of rotatable bonds is 12. The molecule has 344 valence electrons. The quantitative estimate of drug-likeness (QED) is 0.0905. The molecule has 0 saturated heterocycles. The second-order valence-electron chi connectivity index (χ2n) is 18.3. The van der Waals surface area contributed by atoms with Crippen molar-refractivity contribution in [2.24, 2.45) is 0 Å². The molecule has 0 N–H and O–H groups in total. The third-order valence-electron chi connectivity index (χ3n) is 13.9. The van der Waals surface area contributed by atoms with Crippen LogP contribution in [-0.2, 0) is 0 Å². The van der Waals surface area contributed by atoms with Crippen molar-refractivity contribution in [3.05, 3.63) is 297 Å². The van der Waals surface area contributed by atoms with Crippen LogP contribution in [0.3, 0.4) is 0 Å². The minimum absolute atomic E-state index is 0.624. The molecule has 0 aliphatic carbocycles. The summed E-state index contributed by atoms with van der Waals surface area (Å²) in [6.07, 6.45) is 0. The van der Waals surface area contributed by atoms with Gasteiger partial charge in [-0.15, -0.1) is 0 Å². The second-order valence-corrected chi connectivity index (χ2v) is 22.1. The molecule has 12 aromatic rings. The average molecular weight is 948 g/mol. The third kappa shape index (κ3) is 8.93. The first kappa shape index (κ1) is 44.8. The summed E-state index contributed by atoms with van der Waals surface area (Å²) in [4.78, 5) is 15.1. The van der Waals surface area contributed by atoms with Gasteiger partial charge in [0.15, 0.2) is 25.5 Å². The summed E-state index contributed by atoms with van der Waals surface area (Å²) in [7, 11) is -2.84. The predicted molar refractivity (Wildman–Crippen MR) is 307 cm³/mol. The first-order valence-electron chi connectivity index (χ1n) is 24.8. The van der Waals surface area contributed by atoms with E-state index in [4.69, 9.17) is 15.0 Å². The van der Waals surface area contributed by atoms with E-state index in [2.05, 4.69) is 237 Å². The van der Waals surface area contributed by atoms with E-state index in [1.54, 1.807) is 0 Å². The van der Waals surface area contributed by atoms with Crippen molar-refractivity contribution in [2.45, 2.75) is 0 Å². The molecule has 1 aromatic heterocycles. The van der Waals surface area contributed by atoms with Crippen LogP contribution in [0.4, 0.5) is 0 Å². The average Bonchev–Trinajstić information content (AvgIpc) is 3.49. The Kier molecular flexibility index (Phi) is 12.4. The summed E-state index contributed by atoms with van der Waals surface area (Å²) >= 11 is 0. The van der Waals surface area contributed by atoms with Crippen molar-refractivity contribution in [2.75, 3.05) is 0 Å². The van der Waals surface area contributed by atoms with Gasteiger partial charge in [-0.25, -0.2) is 15.0 Å². The molecule has 73 heavy (non-hydrogen) atoms. The summed E-state index contributed by atoms with van der Waals surface area (Å²) in [5.41, 5.74) is 14.2. The van der Waals surface area contributed by atoms with Gasteiger partial charge in [-0.2, -0.15) is 0 Å². The zero-order valence-corrected chi connectivity index (χ0v) is 41.1. The lowest BCUT2D eigenvalue weighted by atomic mass is 9.84. The minimum Gasteiger partial charge on any atom is -0.208 e. The molecule has 0 unspecified atom stereocenters. The van der Waals surface area contributed by atoms with Crippen molar-refractivity contribution in [1.82, 2.24) is 15.0 Å². The molecule has 0 saturated carbocycles. The molecule has 0 fully saturated rings. The van der Waals surface area contributed by atoms with Crippen LogP contribution in [0.2, 0.25) is 0 Å². The maximum atomic E-state index is 5.07. The highest BCUT2D eigenvalue weighted by Gasteiger charge is 2.41. The van der Waals surface area contributed by atoms with Gasteiger partial charge in [0.05, 0.1) is 0 Å². The maximum Gasteiger partial charge on any atom is 0.179 e. The van der Waals surface area contributed by atoms with E-state index in [0.29, 0.717) is 17.5 Å². The Morgan fingerprint density at radius 2 is 0.493 bits per heavy atom. The Morgan fingerprint density at radius 3 is 0.945 bits per heavy atom. The molecule has 0 spiro atoms. The Labute approximate surface area is 428 Å². The zero-order valence-electron chi connectivity index (χ0n) is 40.1. The van der Waals surface area contributed by atoms with Gasteiger partial charge >= 0.3 is 0 Å². The van der Waals surface area contributed by atoms with Gasteiger partial charge in [-0.05, 0) is 101 Å². The highest BCUT2D eigenvalue weighted by atomic mass is 28.3. The van der Waals surface area contributed by atoms with Gasteiger partial charge < -0.3 is 0 Å². The molecular formula is C69H49N3Si. The molecule has 3 nitrogen and oxygen atoms in total. The van der Waals surface area contributed by atoms with Gasteiger partial charge in [0.1, 0.15) is 0 Å². The summed E-state index contributed by atoms with van der Waals surface area (Å²) in [6, 6.07) is 107. The predicted octanol–water partition coefficient (Wildman–Crippen LogP) is 14.6. The third-order valence-corrected chi connectivity index (χ3v) is 18.6. The lowest BCUT2D eigenvalue weighted by molar-refractivity contribution is 1.07. The maximum absolute atomic E-state index is 5.07. The van der Waals surface area contributed by atoms with E-state index >= 15 is 0 Å². The SMILES string of the molecule is c1ccc(-c2cc(-c3cccc(-c4cccc(-c5nc(-c6ccccc6)nc(-c6ccccc6)n5)c4)c3)c(-c3ccccc3)c(-c3cccc([Si](c4ccccc4)(c4ccccc4)c4ccccc4)c3)c2)cc1. The van der Waals surface area contributed by atoms with Crippen LogP contribution in [0.25, 0.3) is 89.8 Å². The van der Waals surface area contributed by atoms with Crippen LogP contribution in [-0.4, -0.2) is 23.0 Å². The lowest BCUT2D eigenvalue weighted by Crippen LogP contribution is -2.74. The largest absolute Gasteiger partial charge is 0.208 e. The van der Waals surface area contributed by atoms with Gasteiger partial charge in [0.25, 0.3) is 0 Å². The van der Waals surface area contributed by atoms with Crippen molar-refractivity contribution in [3.63, 3.8) is 0 Å². The fourth-order valence-corrected chi connectivity index (χ4v) is 15.2. The summed E-state index contributed by atoms with van der Waals surface area (Å²) in [6.45, 7) is 0. The van der Waals surface area contributed by atoms with Crippen LogP contribution >= 0.6 is 0 Å². The smallest absolute Gasteiger partial charge is 0.179 e. The van der Waals surface area contributed by atoms with Crippen molar-refractivity contribution < 1.29 is 0 Å². The number of hydrogen-bond acceptors (Lipinski definition) is 3. The monoisotopic (exact) mass is 947 g/mol. The molecule has 1 heterocycles. The van der Waals surface area contributed by atoms with Crippen molar-refractivity contribution in [1.29, 1.82) is 0 Å².